The Labute approximate surface area is 140 Å². The highest BCUT2D eigenvalue weighted by molar-refractivity contribution is 7.90. The second-order valence-electron chi connectivity index (χ2n) is 8.20. The van der Waals surface area contributed by atoms with Crippen molar-refractivity contribution in [2.24, 2.45) is 17.3 Å². The van der Waals surface area contributed by atoms with E-state index in [-0.39, 0.29) is 10.7 Å². The van der Waals surface area contributed by atoms with E-state index < -0.39 is 10.0 Å². The summed E-state index contributed by atoms with van der Waals surface area (Å²) in [6.45, 7) is 8.52. The van der Waals surface area contributed by atoms with E-state index in [0.717, 1.165) is 71.1 Å². The van der Waals surface area contributed by atoms with Crippen LogP contribution in [0.3, 0.4) is 0 Å². The van der Waals surface area contributed by atoms with Crippen LogP contribution in [-0.4, -0.2) is 68.8 Å². The molecular weight excluding hydrogens is 312 g/mol. The monoisotopic (exact) mass is 342 g/mol. The lowest BCUT2D eigenvalue weighted by molar-refractivity contribution is 0.0581. The first kappa shape index (κ1) is 16.3. The lowest BCUT2D eigenvalue weighted by Crippen LogP contribution is -2.39. The van der Waals surface area contributed by atoms with Gasteiger partial charge in [0.05, 0.1) is 11.9 Å². The molecule has 4 fully saturated rings. The van der Waals surface area contributed by atoms with E-state index in [2.05, 4.69) is 11.8 Å². The normalized spacial score (nSPS) is 36.3. The van der Waals surface area contributed by atoms with Gasteiger partial charge in [0.1, 0.15) is 0 Å². The Hall–Kier alpha value is -0.170. The maximum atomic E-state index is 12.6. The molecule has 0 bridgehead atoms. The number of rotatable bonds is 7. The van der Waals surface area contributed by atoms with Gasteiger partial charge in [0, 0.05) is 44.1 Å². The van der Waals surface area contributed by atoms with Crippen LogP contribution >= 0.6 is 0 Å². The summed E-state index contributed by atoms with van der Waals surface area (Å²) in [5.41, 5.74) is 0.127. The summed E-state index contributed by atoms with van der Waals surface area (Å²) in [5, 5.41) is -0.0779. The maximum absolute atomic E-state index is 12.6. The SMILES string of the molecule is CCN1C[C@@H](COCC2CC2)[C@@]2(CCN(S(=O)(=O)C3CC3)C2)C1. The molecule has 0 aromatic carbocycles. The summed E-state index contributed by atoms with van der Waals surface area (Å²) in [6.07, 6.45) is 5.38. The van der Waals surface area contributed by atoms with Crippen LogP contribution in [0.25, 0.3) is 0 Å². The molecular formula is C17H30N2O3S. The minimum atomic E-state index is -3.03. The second kappa shape index (κ2) is 5.97. The van der Waals surface area contributed by atoms with Crippen LogP contribution in [-0.2, 0) is 14.8 Å². The summed E-state index contributed by atoms with van der Waals surface area (Å²) in [5.74, 6) is 1.28. The Morgan fingerprint density at radius 1 is 1.13 bits per heavy atom. The van der Waals surface area contributed by atoms with Gasteiger partial charge in [-0.2, -0.15) is 0 Å². The highest BCUT2D eigenvalue weighted by Crippen LogP contribution is 2.46. The number of nitrogens with zero attached hydrogens (tertiary/aromatic N) is 2. The van der Waals surface area contributed by atoms with E-state index in [1.54, 1.807) is 4.31 Å². The zero-order valence-electron chi connectivity index (χ0n) is 14.2. The molecule has 4 rings (SSSR count). The van der Waals surface area contributed by atoms with Crippen molar-refractivity contribution in [3.63, 3.8) is 0 Å². The highest BCUT2D eigenvalue weighted by Gasteiger charge is 2.54. The molecule has 0 amide bonds. The first-order valence-corrected chi connectivity index (χ1v) is 10.8. The fourth-order valence-corrected chi connectivity index (χ4v) is 6.33. The van der Waals surface area contributed by atoms with Gasteiger partial charge < -0.3 is 9.64 Å². The summed E-state index contributed by atoms with van der Waals surface area (Å²) in [7, 11) is -3.03. The fourth-order valence-electron chi connectivity index (χ4n) is 4.39. The molecule has 132 valence electrons. The molecule has 0 aromatic rings. The Balaban J connectivity index is 1.43. The van der Waals surface area contributed by atoms with Crippen molar-refractivity contribution < 1.29 is 13.2 Å². The zero-order chi connectivity index (χ0) is 16.1. The van der Waals surface area contributed by atoms with Crippen LogP contribution in [0.2, 0.25) is 0 Å². The molecule has 2 saturated carbocycles. The van der Waals surface area contributed by atoms with E-state index in [4.69, 9.17) is 4.74 Å². The van der Waals surface area contributed by atoms with Crippen molar-refractivity contribution in [2.75, 3.05) is 45.9 Å². The van der Waals surface area contributed by atoms with Crippen LogP contribution in [0, 0.1) is 17.3 Å². The lowest BCUT2D eigenvalue weighted by atomic mass is 9.78. The molecule has 2 aliphatic carbocycles. The third kappa shape index (κ3) is 3.20. The van der Waals surface area contributed by atoms with Gasteiger partial charge in [0.15, 0.2) is 0 Å². The van der Waals surface area contributed by atoms with Gasteiger partial charge in [-0.3, -0.25) is 0 Å². The highest BCUT2D eigenvalue weighted by atomic mass is 32.2. The van der Waals surface area contributed by atoms with E-state index in [0.29, 0.717) is 5.92 Å². The molecule has 2 heterocycles. The number of hydrogen-bond donors (Lipinski definition) is 0. The number of hydrogen-bond acceptors (Lipinski definition) is 4. The van der Waals surface area contributed by atoms with E-state index in [9.17, 15) is 8.42 Å². The average Bonchev–Trinajstić information content (AvgIpc) is 3.45. The average molecular weight is 343 g/mol. The lowest BCUT2D eigenvalue weighted by Gasteiger charge is -2.30. The van der Waals surface area contributed by atoms with Gasteiger partial charge in [-0.25, -0.2) is 12.7 Å². The molecule has 23 heavy (non-hydrogen) atoms. The quantitative estimate of drug-likeness (QED) is 0.704. The smallest absolute Gasteiger partial charge is 0.217 e. The predicted octanol–water partition coefficient (Wildman–Crippen LogP) is 1.55. The van der Waals surface area contributed by atoms with Gasteiger partial charge in [-0.15, -0.1) is 0 Å². The van der Waals surface area contributed by atoms with Crippen molar-refractivity contribution in [1.82, 2.24) is 9.21 Å². The Bertz CT molecular complexity index is 544. The fraction of sp³-hybridized carbons (Fsp3) is 1.00. The molecule has 0 radical (unpaired) electrons. The minimum Gasteiger partial charge on any atom is -0.381 e. The van der Waals surface area contributed by atoms with Crippen LogP contribution < -0.4 is 0 Å². The molecule has 0 aromatic heterocycles. The number of ether oxygens (including phenoxy) is 1. The van der Waals surface area contributed by atoms with Crippen molar-refractivity contribution in [1.29, 1.82) is 0 Å². The van der Waals surface area contributed by atoms with Gasteiger partial charge in [0.2, 0.25) is 10.0 Å². The van der Waals surface area contributed by atoms with E-state index in [1.807, 2.05) is 0 Å². The third-order valence-electron chi connectivity index (χ3n) is 6.36. The predicted molar refractivity (Wildman–Crippen MR) is 89.7 cm³/mol. The molecule has 5 nitrogen and oxygen atoms in total. The Morgan fingerprint density at radius 3 is 2.57 bits per heavy atom. The van der Waals surface area contributed by atoms with Gasteiger partial charge in [0.25, 0.3) is 0 Å². The van der Waals surface area contributed by atoms with Gasteiger partial charge >= 0.3 is 0 Å². The van der Waals surface area contributed by atoms with Crippen molar-refractivity contribution in [3.8, 4) is 0 Å². The summed E-state index contributed by atoms with van der Waals surface area (Å²) in [4.78, 5) is 2.48. The summed E-state index contributed by atoms with van der Waals surface area (Å²) < 4.78 is 33.0. The molecule has 2 aliphatic heterocycles. The van der Waals surface area contributed by atoms with Crippen LogP contribution in [0.1, 0.15) is 39.0 Å². The maximum Gasteiger partial charge on any atom is 0.217 e. The topological polar surface area (TPSA) is 49.9 Å². The Kier molecular flexibility index (Phi) is 4.23. The first-order valence-electron chi connectivity index (χ1n) is 9.32. The molecule has 2 saturated heterocycles. The van der Waals surface area contributed by atoms with E-state index >= 15 is 0 Å². The van der Waals surface area contributed by atoms with Crippen LogP contribution in [0.15, 0.2) is 0 Å². The van der Waals surface area contributed by atoms with E-state index in [1.165, 1.54) is 12.8 Å². The summed E-state index contributed by atoms with van der Waals surface area (Å²) >= 11 is 0. The first-order chi connectivity index (χ1) is 11.0. The molecule has 1 spiro atoms. The van der Waals surface area contributed by atoms with Gasteiger partial charge in [-0.05, 0) is 44.6 Å². The van der Waals surface area contributed by atoms with Crippen LogP contribution in [0.4, 0.5) is 0 Å². The third-order valence-corrected chi connectivity index (χ3v) is 8.70. The molecule has 2 atom stereocenters. The number of sulfonamides is 1. The summed E-state index contributed by atoms with van der Waals surface area (Å²) in [6, 6.07) is 0. The zero-order valence-corrected chi connectivity index (χ0v) is 15.1. The standard InChI is InChI=1S/C17H30N2O3S/c1-2-18-9-15(11-22-10-14-3-4-14)17(12-18)7-8-19(13-17)23(20,21)16-5-6-16/h14-16H,2-13H2,1H3/t15-,17-/m0/s1. The molecule has 4 aliphatic rings. The Morgan fingerprint density at radius 2 is 1.91 bits per heavy atom. The van der Waals surface area contributed by atoms with Crippen molar-refractivity contribution in [2.45, 2.75) is 44.3 Å². The van der Waals surface area contributed by atoms with Gasteiger partial charge in [-0.1, -0.05) is 6.92 Å². The number of likely N-dealkylation sites (tertiary alicyclic amines) is 1. The molecule has 0 unspecified atom stereocenters. The molecule has 6 heteroatoms. The van der Waals surface area contributed by atoms with Crippen molar-refractivity contribution >= 4 is 10.0 Å². The second-order valence-corrected chi connectivity index (χ2v) is 10.4. The van der Waals surface area contributed by atoms with Crippen LogP contribution in [0.5, 0.6) is 0 Å². The largest absolute Gasteiger partial charge is 0.381 e. The van der Waals surface area contributed by atoms with Crippen molar-refractivity contribution in [3.05, 3.63) is 0 Å². The minimum absolute atomic E-state index is 0.0779. The molecule has 0 N–H and O–H groups in total.